The van der Waals surface area contributed by atoms with Crippen molar-refractivity contribution in [2.45, 2.75) is 19.9 Å². The highest BCUT2D eigenvalue weighted by Crippen LogP contribution is 2.30. The molecule has 0 radical (unpaired) electrons. The van der Waals surface area contributed by atoms with Crippen molar-refractivity contribution in [3.63, 3.8) is 0 Å². The first kappa shape index (κ1) is 16.8. The summed E-state index contributed by atoms with van der Waals surface area (Å²) in [6.45, 7) is 4.25. The molecule has 128 valence electrons. The molecule has 0 bridgehead atoms. The van der Waals surface area contributed by atoms with Gasteiger partial charge in [0.25, 0.3) is 0 Å². The molecule has 0 saturated heterocycles. The van der Waals surface area contributed by atoms with Crippen LogP contribution in [0.15, 0.2) is 65.9 Å². The Morgan fingerprint density at radius 2 is 1.76 bits per heavy atom. The Kier molecular flexibility index (Phi) is 4.84. The fraction of sp³-hybridized carbons (Fsp3) is 0.200. The van der Waals surface area contributed by atoms with E-state index in [1.165, 1.54) is 0 Å². The van der Waals surface area contributed by atoms with Crippen LogP contribution in [0.4, 0.5) is 4.79 Å². The third-order valence-corrected chi connectivity index (χ3v) is 4.07. The van der Waals surface area contributed by atoms with Gasteiger partial charge >= 0.3 is 6.03 Å². The van der Waals surface area contributed by atoms with Gasteiger partial charge in [0.15, 0.2) is 5.78 Å². The minimum absolute atomic E-state index is 0.107. The normalized spacial score (nSPS) is 16.9. The quantitative estimate of drug-likeness (QED) is 0.820. The Morgan fingerprint density at radius 3 is 2.40 bits per heavy atom. The number of carbonyl (C=O) groups excluding carboxylic acids is 2. The Bertz CT molecular complexity index is 811. The van der Waals surface area contributed by atoms with Gasteiger partial charge in [0.1, 0.15) is 5.75 Å². The minimum atomic E-state index is -0.503. The molecule has 5 nitrogen and oxygen atoms in total. The molecule has 2 amide bonds. The average molecular weight is 336 g/mol. The van der Waals surface area contributed by atoms with Crippen molar-refractivity contribution in [1.82, 2.24) is 10.6 Å². The van der Waals surface area contributed by atoms with Crippen LogP contribution >= 0.6 is 0 Å². The van der Waals surface area contributed by atoms with E-state index in [4.69, 9.17) is 4.74 Å². The summed E-state index contributed by atoms with van der Waals surface area (Å²) in [4.78, 5) is 24.9. The lowest BCUT2D eigenvalue weighted by atomic mass is 9.89. The van der Waals surface area contributed by atoms with E-state index in [1.807, 2.05) is 49.4 Å². The summed E-state index contributed by atoms with van der Waals surface area (Å²) in [7, 11) is 0. The van der Waals surface area contributed by atoms with Crippen LogP contribution in [0.25, 0.3) is 0 Å². The predicted molar refractivity (Wildman–Crippen MR) is 95.5 cm³/mol. The molecule has 3 rings (SSSR count). The van der Waals surface area contributed by atoms with Crippen molar-refractivity contribution in [3.8, 4) is 5.75 Å². The molecule has 0 spiro atoms. The molecule has 2 aromatic carbocycles. The van der Waals surface area contributed by atoms with Gasteiger partial charge in [0.05, 0.1) is 12.6 Å². The van der Waals surface area contributed by atoms with E-state index in [1.54, 1.807) is 19.1 Å². The Morgan fingerprint density at radius 1 is 1.08 bits per heavy atom. The van der Waals surface area contributed by atoms with Crippen LogP contribution in [0, 0.1) is 0 Å². The lowest BCUT2D eigenvalue weighted by Gasteiger charge is -2.28. The Hall–Kier alpha value is -3.08. The van der Waals surface area contributed by atoms with Crippen molar-refractivity contribution in [1.29, 1.82) is 0 Å². The zero-order valence-electron chi connectivity index (χ0n) is 14.2. The maximum Gasteiger partial charge on any atom is 0.319 e. The highest BCUT2D eigenvalue weighted by atomic mass is 16.5. The molecule has 5 heteroatoms. The highest BCUT2D eigenvalue weighted by Gasteiger charge is 2.31. The second-order valence-corrected chi connectivity index (χ2v) is 5.77. The van der Waals surface area contributed by atoms with E-state index in [-0.39, 0.29) is 11.8 Å². The molecule has 0 aliphatic carbocycles. The van der Waals surface area contributed by atoms with Crippen LogP contribution in [0.2, 0.25) is 0 Å². The molecule has 2 N–H and O–H groups in total. The zero-order valence-corrected chi connectivity index (χ0v) is 14.2. The molecule has 1 aliphatic rings. The lowest BCUT2D eigenvalue weighted by Crippen LogP contribution is -2.45. The van der Waals surface area contributed by atoms with Crippen LogP contribution in [-0.2, 0) is 0 Å². The third kappa shape index (κ3) is 3.55. The van der Waals surface area contributed by atoms with E-state index < -0.39 is 6.04 Å². The molecule has 2 aromatic rings. The van der Waals surface area contributed by atoms with E-state index >= 15 is 0 Å². The molecule has 1 aliphatic heterocycles. The molecule has 1 unspecified atom stereocenters. The van der Waals surface area contributed by atoms with Crippen LogP contribution in [-0.4, -0.2) is 18.4 Å². The second-order valence-electron chi connectivity index (χ2n) is 5.77. The van der Waals surface area contributed by atoms with Crippen molar-refractivity contribution in [2.75, 3.05) is 6.61 Å². The largest absolute Gasteiger partial charge is 0.494 e. The van der Waals surface area contributed by atoms with Gasteiger partial charge in [-0.25, -0.2) is 4.79 Å². The number of nitrogens with one attached hydrogen (secondary N) is 2. The molecular formula is C20H20N2O3. The summed E-state index contributed by atoms with van der Waals surface area (Å²) in [5.74, 6) is 0.646. The predicted octanol–water partition coefficient (Wildman–Crippen LogP) is 3.60. The average Bonchev–Trinajstić information content (AvgIpc) is 2.62. The SMILES string of the molecule is CCOc1ccc(C2NC(=O)NC(C)=C2C(=O)c2ccccc2)cc1. The fourth-order valence-corrected chi connectivity index (χ4v) is 2.91. The Balaban J connectivity index is 1.99. The lowest BCUT2D eigenvalue weighted by molar-refractivity contribution is 0.102. The standard InChI is InChI=1S/C20H20N2O3/c1-3-25-16-11-9-14(10-12-16)18-17(13(2)21-20(24)22-18)19(23)15-7-5-4-6-8-15/h4-12,18H,3H2,1-2H3,(H2,21,22,24). The molecule has 0 saturated carbocycles. The fourth-order valence-electron chi connectivity index (χ4n) is 2.91. The van der Waals surface area contributed by atoms with E-state index in [9.17, 15) is 9.59 Å². The summed E-state index contributed by atoms with van der Waals surface area (Å²) >= 11 is 0. The van der Waals surface area contributed by atoms with Gasteiger partial charge in [0.2, 0.25) is 0 Å². The van der Waals surface area contributed by atoms with E-state index in [0.717, 1.165) is 11.3 Å². The summed E-state index contributed by atoms with van der Waals surface area (Å²) in [5.41, 5.74) is 2.52. The zero-order chi connectivity index (χ0) is 17.8. The van der Waals surface area contributed by atoms with Crippen molar-refractivity contribution in [3.05, 3.63) is 77.0 Å². The van der Waals surface area contributed by atoms with Crippen molar-refractivity contribution in [2.24, 2.45) is 0 Å². The van der Waals surface area contributed by atoms with Gasteiger partial charge in [-0.2, -0.15) is 0 Å². The first-order chi connectivity index (χ1) is 12.1. The number of hydrogen-bond donors (Lipinski definition) is 2. The van der Waals surface area contributed by atoms with Crippen molar-refractivity contribution >= 4 is 11.8 Å². The number of benzene rings is 2. The molecule has 1 heterocycles. The summed E-state index contributed by atoms with van der Waals surface area (Å²) in [6, 6.07) is 15.6. The number of urea groups is 1. The maximum atomic E-state index is 13.0. The number of hydrogen-bond acceptors (Lipinski definition) is 3. The van der Waals surface area contributed by atoms with Crippen LogP contribution in [0.5, 0.6) is 5.75 Å². The van der Waals surface area contributed by atoms with Gasteiger partial charge in [-0.15, -0.1) is 0 Å². The van der Waals surface area contributed by atoms with Gasteiger partial charge < -0.3 is 15.4 Å². The van der Waals surface area contributed by atoms with Gasteiger partial charge in [0, 0.05) is 16.8 Å². The van der Waals surface area contributed by atoms with Gasteiger partial charge in [-0.05, 0) is 31.5 Å². The number of rotatable bonds is 5. The first-order valence-electron chi connectivity index (χ1n) is 8.21. The van der Waals surface area contributed by atoms with Crippen LogP contribution in [0.1, 0.15) is 35.8 Å². The maximum absolute atomic E-state index is 13.0. The van der Waals surface area contributed by atoms with Crippen LogP contribution in [0.3, 0.4) is 0 Å². The molecule has 25 heavy (non-hydrogen) atoms. The van der Waals surface area contributed by atoms with E-state index in [0.29, 0.717) is 23.4 Å². The number of Topliss-reactive ketones (excluding diaryl/α,β-unsaturated/α-hetero) is 1. The minimum Gasteiger partial charge on any atom is -0.494 e. The number of amides is 2. The van der Waals surface area contributed by atoms with Crippen LogP contribution < -0.4 is 15.4 Å². The number of carbonyl (C=O) groups is 2. The smallest absolute Gasteiger partial charge is 0.319 e. The molecule has 0 fully saturated rings. The second kappa shape index (κ2) is 7.21. The highest BCUT2D eigenvalue weighted by molar-refractivity contribution is 6.11. The Labute approximate surface area is 146 Å². The number of ether oxygens (including phenoxy) is 1. The third-order valence-electron chi connectivity index (χ3n) is 4.07. The van der Waals surface area contributed by atoms with Gasteiger partial charge in [-0.3, -0.25) is 4.79 Å². The van der Waals surface area contributed by atoms with Gasteiger partial charge in [-0.1, -0.05) is 42.5 Å². The van der Waals surface area contributed by atoms with Crippen molar-refractivity contribution < 1.29 is 14.3 Å². The molecule has 0 aromatic heterocycles. The number of allylic oxidation sites excluding steroid dienone is 1. The topological polar surface area (TPSA) is 67.4 Å². The molecule has 1 atom stereocenters. The monoisotopic (exact) mass is 336 g/mol. The summed E-state index contributed by atoms with van der Waals surface area (Å²) in [6.07, 6.45) is 0. The summed E-state index contributed by atoms with van der Waals surface area (Å²) in [5, 5.41) is 5.54. The summed E-state index contributed by atoms with van der Waals surface area (Å²) < 4.78 is 5.46. The number of ketones is 1. The molecular weight excluding hydrogens is 316 g/mol. The van der Waals surface area contributed by atoms with E-state index in [2.05, 4.69) is 10.6 Å². The first-order valence-corrected chi connectivity index (χ1v) is 8.21.